The lowest BCUT2D eigenvalue weighted by molar-refractivity contribution is 0.282. The molecule has 20 heavy (non-hydrogen) atoms. The van der Waals surface area contributed by atoms with E-state index in [0.29, 0.717) is 6.61 Å². The van der Waals surface area contributed by atoms with Crippen LogP contribution in [0.15, 0.2) is 12.3 Å². The quantitative estimate of drug-likeness (QED) is 0.723. The molecule has 2 N–H and O–H groups in total. The summed E-state index contributed by atoms with van der Waals surface area (Å²) in [5, 5.41) is 17.7. The number of hydrogen-bond acceptors (Lipinski definition) is 4. The minimum Gasteiger partial charge on any atom is -0.396 e. The van der Waals surface area contributed by atoms with E-state index in [9.17, 15) is 0 Å². The number of aliphatic hydroxyl groups excluding tert-OH is 1. The average Bonchev–Trinajstić information content (AvgIpc) is 2.73. The lowest BCUT2D eigenvalue weighted by atomic mass is 10.2. The number of fused-ring (bicyclic) bond motifs is 1. The smallest absolute Gasteiger partial charge is 0.157 e. The molecule has 0 bridgehead atoms. The summed E-state index contributed by atoms with van der Waals surface area (Å²) in [6.45, 7) is 4.18. The molecule has 5 nitrogen and oxygen atoms in total. The van der Waals surface area contributed by atoms with E-state index in [0.717, 1.165) is 49.1 Å². The molecule has 0 fully saturated rings. The van der Waals surface area contributed by atoms with Gasteiger partial charge in [0, 0.05) is 31.8 Å². The average molecular weight is 276 g/mol. The van der Waals surface area contributed by atoms with Gasteiger partial charge in [-0.15, -0.1) is 0 Å². The van der Waals surface area contributed by atoms with Gasteiger partial charge in [-0.2, -0.15) is 5.10 Å². The van der Waals surface area contributed by atoms with Crippen LogP contribution < -0.4 is 5.32 Å². The summed E-state index contributed by atoms with van der Waals surface area (Å²) in [6, 6.07) is 2.17. The van der Waals surface area contributed by atoms with Gasteiger partial charge in [0.1, 0.15) is 0 Å². The Bertz CT molecular complexity index is 550. The maximum absolute atomic E-state index is 8.70. The predicted molar refractivity (Wildman–Crippen MR) is 80.5 cm³/mol. The minimum atomic E-state index is 0.309. The Hall–Kier alpha value is -1.46. The molecule has 0 aliphatic heterocycles. The number of pyridine rings is 1. The SMILES string of the molecule is Cc1nn(C)c2ncc(CNCCCCCCO)cc12. The number of aromatic nitrogens is 3. The Morgan fingerprint density at radius 3 is 2.85 bits per heavy atom. The molecular formula is C15H24N4O. The zero-order valence-corrected chi connectivity index (χ0v) is 12.4. The van der Waals surface area contributed by atoms with Gasteiger partial charge in [-0.05, 0) is 37.9 Å². The lowest BCUT2D eigenvalue weighted by Crippen LogP contribution is -2.14. The molecule has 0 aliphatic carbocycles. The fourth-order valence-corrected chi connectivity index (χ4v) is 2.40. The second kappa shape index (κ2) is 7.36. The molecule has 0 saturated carbocycles. The Kier molecular flexibility index (Phi) is 5.49. The van der Waals surface area contributed by atoms with Gasteiger partial charge in [-0.25, -0.2) is 4.98 Å². The van der Waals surface area contributed by atoms with E-state index in [1.165, 1.54) is 12.0 Å². The van der Waals surface area contributed by atoms with E-state index in [-0.39, 0.29) is 0 Å². The Labute approximate surface area is 120 Å². The molecule has 2 aromatic rings. The number of aryl methyl sites for hydroxylation is 2. The van der Waals surface area contributed by atoms with Crippen LogP contribution in [0.5, 0.6) is 0 Å². The number of unbranched alkanes of at least 4 members (excludes halogenated alkanes) is 3. The first-order valence-corrected chi connectivity index (χ1v) is 7.32. The normalized spacial score (nSPS) is 11.3. The second-order valence-corrected chi connectivity index (χ2v) is 5.24. The lowest BCUT2D eigenvalue weighted by Gasteiger charge is -2.05. The van der Waals surface area contributed by atoms with E-state index < -0.39 is 0 Å². The zero-order valence-electron chi connectivity index (χ0n) is 12.4. The van der Waals surface area contributed by atoms with E-state index in [2.05, 4.69) is 21.5 Å². The molecule has 0 atom stereocenters. The third-order valence-electron chi connectivity index (χ3n) is 3.51. The first-order valence-electron chi connectivity index (χ1n) is 7.32. The van der Waals surface area contributed by atoms with Gasteiger partial charge >= 0.3 is 0 Å². The van der Waals surface area contributed by atoms with Crippen molar-refractivity contribution in [3.05, 3.63) is 23.5 Å². The monoisotopic (exact) mass is 276 g/mol. The summed E-state index contributed by atoms with van der Waals surface area (Å²) in [5.74, 6) is 0. The molecular weight excluding hydrogens is 252 g/mol. The summed E-state index contributed by atoms with van der Waals surface area (Å²) in [4.78, 5) is 4.47. The van der Waals surface area contributed by atoms with Crippen LogP contribution in [0, 0.1) is 6.92 Å². The van der Waals surface area contributed by atoms with Gasteiger partial charge < -0.3 is 10.4 Å². The Balaban J connectivity index is 1.80. The molecule has 2 rings (SSSR count). The molecule has 0 spiro atoms. The summed E-state index contributed by atoms with van der Waals surface area (Å²) in [5.41, 5.74) is 3.17. The number of rotatable bonds is 8. The molecule has 2 aromatic heterocycles. The maximum atomic E-state index is 8.70. The van der Waals surface area contributed by atoms with Crippen molar-refractivity contribution in [2.24, 2.45) is 7.05 Å². The summed E-state index contributed by atoms with van der Waals surface area (Å²) in [6.07, 6.45) is 6.28. The summed E-state index contributed by atoms with van der Waals surface area (Å²) >= 11 is 0. The van der Waals surface area contributed by atoms with Crippen molar-refractivity contribution in [3.63, 3.8) is 0 Å². The van der Waals surface area contributed by atoms with Crippen LogP contribution in [0.4, 0.5) is 0 Å². The molecule has 110 valence electrons. The highest BCUT2D eigenvalue weighted by Gasteiger charge is 2.06. The van der Waals surface area contributed by atoms with Crippen LogP contribution in [-0.4, -0.2) is 33.0 Å². The van der Waals surface area contributed by atoms with Crippen molar-refractivity contribution >= 4 is 11.0 Å². The Morgan fingerprint density at radius 2 is 2.05 bits per heavy atom. The highest BCUT2D eigenvalue weighted by Crippen LogP contribution is 2.16. The van der Waals surface area contributed by atoms with E-state index in [4.69, 9.17) is 5.11 Å². The molecule has 0 amide bonds. The van der Waals surface area contributed by atoms with Gasteiger partial charge in [0.2, 0.25) is 0 Å². The van der Waals surface area contributed by atoms with Crippen LogP contribution in [0.1, 0.15) is 36.9 Å². The topological polar surface area (TPSA) is 63.0 Å². The van der Waals surface area contributed by atoms with E-state index in [1.807, 2.05) is 24.9 Å². The predicted octanol–water partition coefficient (Wildman–Crippen LogP) is 1.92. The second-order valence-electron chi connectivity index (χ2n) is 5.24. The zero-order chi connectivity index (χ0) is 14.4. The minimum absolute atomic E-state index is 0.309. The Morgan fingerprint density at radius 1 is 1.25 bits per heavy atom. The molecule has 0 unspecified atom stereocenters. The molecule has 0 aromatic carbocycles. The van der Waals surface area contributed by atoms with Crippen molar-refractivity contribution in [2.45, 2.75) is 39.2 Å². The van der Waals surface area contributed by atoms with Gasteiger partial charge in [-0.3, -0.25) is 4.68 Å². The van der Waals surface area contributed by atoms with Crippen LogP contribution >= 0.6 is 0 Å². The van der Waals surface area contributed by atoms with Crippen molar-refractivity contribution in [3.8, 4) is 0 Å². The van der Waals surface area contributed by atoms with Gasteiger partial charge in [0.25, 0.3) is 0 Å². The first-order chi connectivity index (χ1) is 9.72. The fourth-order valence-electron chi connectivity index (χ4n) is 2.40. The van der Waals surface area contributed by atoms with Crippen LogP contribution in [0.25, 0.3) is 11.0 Å². The standard InChI is InChI=1S/C15H24N4O/c1-12-14-9-13(11-17-15(14)19(2)18-12)10-16-7-5-3-4-6-8-20/h9,11,16,20H,3-8,10H2,1-2H3. The third kappa shape index (κ3) is 3.77. The molecule has 5 heteroatoms. The number of nitrogens with one attached hydrogen (secondary N) is 1. The summed E-state index contributed by atoms with van der Waals surface area (Å²) in [7, 11) is 1.92. The van der Waals surface area contributed by atoms with Crippen molar-refractivity contribution in [1.82, 2.24) is 20.1 Å². The highest BCUT2D eigenvalue weighted by molar-refractivity contribution is 5.78. The van der Waals surface area contributed by atoms with Crippen LogP contribution in [-0.2, 0) is 13.6 Å². The molecule has 0 saturated heterocycles. The molecule has 2 heterocycles. The molecule has 0 radical (unpaired) electrons. The largest absolute Gasteiger partial charge is 0.396 e. The molecule has 0 aliphatic rings. The number of hydrogen-bond donors (Lipinski definition) is 2. The van der Waals surface area contributed by atoms with Crippen LogP contribution in [0.2, 0.25) is 0 Å². The number of aliphatic hydroxyl groups is 1. The maximum Gasteiger partial charge on any atom is 0.157 e. The van der Waals surface area contributed by atoms with E-state index in [1.54, 1.807) is 0 Å². The van der Waals surface area contributed by atoms with Gasteiger partial charge in [0.15, 0.2) is 5.65 Å². The van der Waals surface area contributed by atoms with Crippen molar-refractivity contribution < 1.29 is 5.11 Å². The number of nitrogens with zero attached hydrogens (tertiary/aromatic N) is 3. The van der Waals surface area contributed by atoms with Gasteiger partial charge in [-0.1, -0.05) is 12.8 Å². The summed E-state index contributed by atoms with van der Waals surface area (Å²) < 4.78 is 1.82. The highest BCUT2D eigenvalue weighted by atomic mass is 16.2. The first kappa shape index (κ1) is 14.9. The van der Waals surface area contributed by atoms with Crippen molar-refractivity contribution in [1.29, 1.82) is 0 Å². The van der Waals surface area contributed by atoms with Crippen LogP contribution in [0.3, 0.4) is 0 Å². The third-order valence-corrected chi connectivity index (χ3v) is 3.51. The van der Waals surface area contributed by atoms with Crippen molar-refractivity contribution in [2.75, 3.05) is 13.2 Å². The van der Waals surface area contributed by atoms with Gasteiger partial charge in [0.05, 0.1) is 5.69 Å². The van der Waals surface area contributed by atoms with E-state index >= 15 is 0 Å². The fraction of sp³-hybridized carbons (Fsp3) is 0.600.